The highest BCUT2D eigenvalue weighted by Gasteiger charge is 2.15. The zero-order valence-electron chi connectivity index (χ0n) is 18.2. The van der Waals surface area contributed by atoms with E-state index >= 15 is 0 Å². The lowest BCUT2D eigenvalue weighted by Gasteiger charge is -2.27. The minimum atomic E-state index is -0.196. The first-order chi connectivity index (χ1) is 16.2. The summed E-state index contributed by atoms with van der Waals surface area (Å²) in [4.78, 5) is 32.3. The van der Waals surface area contributed by atoms with Gasteiger partial charge in [-0.2, -0.15) is 0 Å². The fourth-order valence-electron chi connectivity index (χ4n) is 3.69. The zero-order valence-corrected chi connectivity index (χ0v) is 18.2. The number of carbonyl (C=O) groups is 1. The molecule has 0 aliphatic carbocycles. The maximum atomic E-state index is 12.9. The fraction of sp³-hybridized carbons (Fsp3) is 0.208. The Bertz CT molecular complexity index is 1300. The Morgan fingerprint density at radius 3 is 2.79 bits per heavy atom. The third-order valence-corrected chi connectivity index (χ3v) is 5.53. The van der Waals surface area contributed by atoms with Crippen LogP contribution < -0.4 is 15.5 Å². The van der Waals surface area contributed by atoms with Crippen molar-refractivity contribution >= 4 is 39.8 Å². The van der Waals surface area contributed by atoms with Crippen LogP contribution in [0, 0.1) is 6.92 Å². The number of morpholine rings is 1. The van der Waals surface area contributed by atoms with Gasteiger partial charge in [0.2, 0.25) is 0 Å². The van der Waals surface area contributed by atoms with Crippen LogP contribution >= 0.6 is 0 Å². The Kier molecular flexibility index (Phi) is 5.77. The average Bonchev–Trinajstić information content (AvgIpc) is 2.87. The summed E-state index contributed by atoms with van der Waals surface area (Å²) in [6.07, 6.45) is 6.61. The van der Waals surface area contributed by atoms with Crippen LogP contribution in [-0.2, 0) is 4.74 Å². The molecule has 0 spiro atoms. The highest BCUT2D eigenvalue weighted by molar-refractivity contribution is 6.05. The Morgan fingerprint density at radius 1 is 1.03 bits per heavy atom. The minimum Gasteiger partial charge on any atom is -0.378 e. The first kappa shape index (κ1) is 20.8. The van der Waals surface area contributed by atoms with Gasteiger partial charge in [-0.25, -0.2) is 15.0 Å². The Hall–Kier alpha value is -4.11. The van der Waals surface area contributed by atoms with Crippen LogP contribution in [0.15, 0.2) is 61.3 Å². The molecule has 0 atom stereocenters. The number of nitrogens with zero attached hydrogens (tertiary/aromatic N) is 5. The number of anilines is 4. The van der Waals surface area contributed by atoms with Crippen LogP contribution in [0.4, 0.5) is 23.0 Å². The third-order valence-electron chi connectivity index (χ3n) is 5.53. The molecule has 1 fully saturated rings. The Balaban J connectivity index is 1.35. The van der Waals surface area contributed by atoms with Crippen molar-refractivity contribution in [1.29, 1.82) is 0 Å². The summed E-state index contributed by atoms with van der Waals surface area (Å²) in [7, 11) is 0. The highest BCUT2D eigenvalue weighted by atomic mass is 16.5. The van der Waals surface area contributed by atoms with Crippen molar-refractivity contribution in [2.75, 3.05) is 41.8 Å². The van der Waals surface area contributed by atoms with Gasteiger partial charge in [0, 0.05) is 48.6 Å². The third kappa shape index (κ3) is 4.58. The predicted molar refractivity (Wildman–Crippen MR) is 127 cm³/mol. The number of hydrogen-bond acceptors (Lipinski definition) is 8. The Labute approximate surface area is 190 Å². The van der Waals surface area contributed by atoms with Gasteiger partial charge >= 0.3 is 0 Å². The molecule has 33 heavy (non-hydrogen) atoms. The molecule has 9 heteroatoms. The van der Waals surface area contributed by atoms with Gasteiger partial charge in [-0.3, -0.25) is 9.78 Å². The molecule has 2 N–H and O–H groups in total. The lowest BCUT2D eigenvalue weighted by atomic mass is 10.1. The number of benzene rings is 1. The molecule has 1 aliphatic rings. The molecule has 1 aliphatic heterocycles. The molecule has 3 aromatic heterocycles. The summed E-state index contributed by atoms with van der Waals surface area (Å²) in [6.45, 7) is 4.84. The van der Waals surface area contributed by atoms with E-state index in [2.05, 4.69) is 35.5 Å². The fourth-order valence-corrected chi connectivity index (χ4v) is 3.69. The summed E-state index contributed by atoms with van der Waals surface area (Å²) < 4.78 is 5.40. The summed E-state index contributed by atoms with van der Waals surface area (Å²) >= 11 is 0. The predicted octanol–water partition coefficient (Wildman–Crippen LogP) is 3.56. The number of amides is 1. The smallest absolute Gasteiger partial charge is 0.255 e. The van der Waals surface area contributed by atoms with E-state index in [9.17, 15) is 4.79 Å². The molecule has 0 unspecified atom stereocenters. The van der Waals surface area contributed by atoms with Crippen molar-refractivity contribution in [3.63, 3.8) is 0 Å². The number of pyridine rings is 2. The lowest BCUT2D eigenvalue weighted by molar-refractivity contribution is 0.102. The molecule has 9 nitrogen and oxygen atoms in total. The average molecular weight is 441 g/mol. The van der Waals surface area contributed by atoms with Gasteiger partial charge in [-0.1, -0.05) is 6.07 Å². The van der Waals surface area contributed by atoms with Crippen LogP contribution in [0.5, 0.6) is 0 Å². The van der Waals surface area contributed by atoms with Crippen molar-refractivity contribution in [2.24, 2.45) is 0 Å². The van der Waals surface area contributed by atoms with Crippen molar-refractivity contribution in [3.8, 4) is 0 Å². The van der Waals surface area contributed by atoms with Crippen LogP contribution in [0.1, 0.15) is 15.9 Å². The van der Waals surface area contributed by atoms with Crippen molar-refractivity contribution in [1.82, 2.24) is 19.9 Å². The van der Waals surface area contributed by atoms with Crippen molar-refractivity contribution < 1.29 is 9.53 Å². The molecule has 1 aromatic carbocycles. The summed E-state index contributed by atoms with van der Waals surface area (Å²) in [5.41, 5.74) is 3.88. The van der Waals surface area contributed by atoms with Gasteiger partial charge in [0.1, 0.15) is 18.0 Å². The van der Waals surface area contributed by atoms with Gasteiger partial charge in [0.15, 0.2) is 0 Å². The van der Waals surface area contributed by atoms with Crippen LogP contribution in [0.2, 0.25) is 0 Å². The van der Waals surface area contributed by atoms with E-state index in [-0.39, 0.29) is 5.91 Å². The van der Waals surface area contributed by atoms with Crippen molar-refractivity contribution in [2.45, 2.75) is 6.92 Å². The molecule has 0 bridgehead atoms. The number of ether oxygens (including phenoxy) is 1. The second-order valence-electron chi connectivity index (χ2n) is 7.73. The normalized spacial score (nSPS) is 13.7. The van der Waals surface area contributed by atoms with E-state index in [1.54, 1.807) is 24.7 Å². The standard InChI is InChI=1S/C24H23N7O2/c1-16-2-3-18(13-21(16)30-23-19-14-25-6-5-20(19)27-15-28-23)29-24(32)17-4-7-26-22(12-17)31-8-10-33-11-9-31/h2-7,12-15H,8-11H2,1H3,(H,29,32)(H,27,28,30). The molecule has 0 saturated carbocycles. The SMILES string of the molecule is Cc1ccc(NC(=O)c2ccnc(N3CCOCC3)c2)cc1Nc1ncnc2ccncc12. The number of nitrogens with one attached hydrogen (secondary N) is 2. The largest absolute Gasteiger partial charge is 0.378 e. The second kappa shape index (κ2) is 9.17. The number of carbonyl (C=O) groups excluding carboxylic acids is 1. The quantitative estimate of drug-likeness (QED) is 0.484. The van der Waals surface area contributed by atoms with E-state index in [1.165, 1.54) is 6.33 Å². The molecule has 1 amide bonds. The van der Waals surface area contributed by atoms with Gasteiger partial charge in [0.05, 0.1) is 24.1 Å². The number of aromatic nitrogens is 4. The first-order valence-electron chi connectivity index (χ1n) is 10.7. The number of rotatable bonds is 5. The maximum absolute atomic E-state index is 12.9. The highest BCUT2D eigenvalue weighted by Crippen LogP contribution is 2.27. The monoisotopic (exact) mass is 441 g/mol. The molecular formula is C24H23N7O2. The van der Waals surface area contributed by atoms with Crippen LogP contribution in [0.25, 0.3) is 10.9 Å². The zero-order chi connectivity index (χ0) is 22.6. The maximum Gasteiger partial charge on any atom is 0.255 e. The van der Waals surface area contributed by atoms with Gasteiger partial charge in [-0.15, -0.1) is 0 Å². The van der Waals surface area contributed by atoms with Gasteiger partial charge < -0.3 is 20.3 Å². The molecule has 4 heterocycles. The van der Waals surface area contributed by atoms with Gasteiger partial charge in [-0.05, 0) is 42.8 Å². The number of fused-ring (bicyclic) bond motifs is 1. The molecule has 4 aromatic rings. The van der Waals surface area contributed by atoms with E-state index in [4.69, 9.17) is 4.74 Å². The summed E-state index contributed by atoms with van der Waals surface area (Å²) in [5.74, 6) is 1.24. The first-order valence-corrected chi connectivity index (χ1v) is 10.7. The molecule has 1 saturated heterocycles. The number of hydrogen-bond donors (Lipinski definition) is 2. The second-order valence-corrected chi connectivity index (χ2v) is 7.73. The molecule has 166 valence electrons. The summed E-state index contributed by atoms with van der Waals surface area (Å²) in [5, 5.41) is 7.15. The Morgan fingerprint density at radius 2 is 1.91 bits per heavy atom. The van der Waals surface area contributed by atoms with Crippen molar-refractivity contribution in [3.05, 3.63) is 72.4 Å². The minimum absolute atomic E-state index is 0.196. The number of aryl methyl sites for hydroxylation is 1. The summed E-state index contributed by atoms with van der Waals surface area (Å²) in [6, 6.07) is 11.1. The van der Waals surface area contributed by atoms with Crippen LogP contribution in [0.3, 0.4) is 0 Å². The van der Waals surface area contributed by atoms with E-state index in [0.29, 0.717) is 30.3 Å². The molecule has 0 radical (unpaired) electrons. The topological polar surface area (TPSA) is 105 Å². The van der Waals surface area contributed by atoms with E-state index in [1.807, 2.05) is 37.3 Å². The van der Waals surface area contributed by atoms with Gasteiger partial charge in [0.25, 0.3) is 5.91 Å². The molecular weight excluding hydrogens is 418 g/mol. The van der Waals surface area contributed by atoms with E-state index < -0.39 is 0 Å². The van der Waals surface area contributed by atoms with E-state index in [0.717, 1.165) is 41.1 Å². The lowest BCUT2D eigenvalue weighted by Crippen LogP contribution is -2.36. The molecule has 5 rings (SSSR count). The van der Waals surface area contributed by atoms with Crippen LogP contribution in [-0.4, -0.2) is 52.1 Å².